The number of carbonyl (C=O) groups excluding carboxylic acids is 1. The van der Waals surface area contributed by atoms with Gasteiger partial charge in [0.15, 0.2) is 0 Å². The van der Waals surface area contributed by atoms with Gasteiger partial charge in [-0.05, 0) is 12.5 Å². The highest BCUT2D eigenvalue weighted by molar-refractivity contribution is 6.03. The van der Waals surface area contributed by atoms with E-state index in [4.69, 9.17) is 0 Å². The lowest BCUT2D eigenvalue weighted by Gasteiger charge is -2.37. The molecule has 2 saturated heterocycles. The summed E-state index contributed by atoms with van der Waals surface area (Å²) >= 11 is 0. The van der Waals surface area contributed by atoms with Gasteiger partial charge in [-0.2, -0.15) is 0 Å². The molecule has 1 amide bonds. The Balaban J connectivity index is 1.59. The van der Waals surface area contributed by atoms with Gasteiger partial charge < -0.3 is 15.0 Å². The number of nitrogens with one attached hydrogen (secondary N) is 1. The highest BCUT2D eigenvalue weighted by atomic mass is 16.3. The van der Waals surface area contributed by atoms with Crippen molar-refractivity contribution in [2.45, 2.75) is 18.6 Å². The third kappa shape index (κ3) is 2.09. The zero-order chi connectivity index (χ0) is 14.4. The van der Waals surface area contributed by atoms with Crippen molar-refractivity contribution >= 4 is 16.9 Å². The van der Waals surface area contributed by atoms with Gasteiger partial charge in [-0.25, -0.2) is 9.97 Å². The summed E-state index contributed by atoms with van der Waals surface area (Å²) in [5, 5.41) is 10.5. The van der Waals surface area contributed by atoms with Gasteiger partial charge in [0.25, 0.3) is 5.91 Å². The minimum atomic E-state index is -0.263. The first-order chi connectivity index (χ1) is 10.2. The van der Waals surface area contributed by atoms with Crippen LogP contribution in [0.2, 0.25) is 0 Å². The van der Waals surface area contributed by atoms with Gasteiger partial charge in [0.2, 0.25) is 0 Å². The van der Waals surface area contributed by atoms with Crippen LogP contribution in [0.3, 0.4) is 0 Å². The van der Waals surface area contributed by atoms with Crippen LogP contribution in [0, 0.1) is 0 Å². The summed E-state index contributed by atoms with van der Waals surface area (Å²) in [5.74, 6) is -0.0527. The van der Waals surface area contributed by atoms with Crippen LogP contribution in [0.25, 0.3) is 11.0 Å². The van der Waals surface area contributed by atoms with Gasteiger partial charge >= 0.3 is 0 Å². The normalized spacial score (nSPS) is 26.2. The molecule has 2 N–H and O–H groups in total. The Bertz CT molecular complexity index is 685. The summed E-state index contributed by atoms with van der Waals surface area (Å²) < 4.78 is 0. The summed E-state index contributed by atoms with van der Waals surface area (Å²) in [7, 11) is 0. The molecule has 0 radical (unpaired) electrons. The number of nitrogens with zero attached hydrogens (tertiary/aromatic N) is 4. The summed E-state index contributed by atoms with van der Waals surface area (Å²) in [4.78, 5) is 28.1. The van der Waals surface area contributed by atoms with E-state index < -0.39 is 0 Å². The van der Waals surface area contributed by atoms with Crippen molar-refractivity contribution in [3.05, 3.63) is 24.3 Å². The molecule has 4 rings (SSSR count). The van der Waals surface area contributed by atoms with Gasteiger partial charge in [0, 0.05) is 38.4 Å². The van der Waals surface area contributed by atoms with Crippen molar-refractivity contribution in [2.24, 2.45) is 0 Å². The molecule has 4 heterocycles. The van der Waals surface area contributed by atoms with Gasteiger partial charge in [-0.15, -0.1) is 0 Å². The molecule has 0 spiro atoms. The predicted octanol–water partition coefficient (Wildman–Crippen LogP) is -0.151. The number of hydrogen-bond acceptors (Lipinski definition) is 5. The molecule has 2 atom stereocenters. The molecule has 0 aromatic carbocycles. The fourth-order valence-electron chi connectivity index (χ4n) is 3.39. The second kappa shape index (κ2) is 4.78. The Morgan fingerprint density at radius 2 is 2.24 bits per heavy atom. The van der Waals surface area contributed by atoms with Crippen LogP contribution in [-0.4, -0.2) is 74.1 Å². The van der Waals surface area contributed by atoms with Crippen LogP contribution in [0.5, 0.6) is 0 Å². The van der Waals surface area contributed by atoms with Gasteiger partial charge in [0.1, 0.15) is 17.7 Å². The van der Waals surface area contributed by atoms with Crippen molar-refractivity contribution in [3.63, 3.8) is 0 Å². The quantitative estimate of drug-likeness (QED) is 0.762. The lowest BCUT2D eigenvalue weighted by molar-refractivity contribution is 0.0565. The van der Waals surface area contributed by atoms with E-state index in [1.54, 1.807) is 6.20 Å². The average Bonchev–Trinajstić information content (AvgIpc) is 3.09. The standard InChI is InChI=1S/C14H17N5O2/c20-10-5-9-6-19(4-3-18(9)7-10)14(21)12-11-1-2-15-13(11)17-8-16-12/h1-2,8-10,20H,3-7H2,(H,15,16,17)/t9-,10+/m0/s1. The van der Waals surface area contributed by atoms with Crippen molar-refractivity contribution in [3.8, 4) is 0 Å². The van der Waals surface area contributed by atoms with Crippen LogP contribution in [0.4, 0.5) is 0 Å². The van der Waals surface area contributed by atoms with E-state index in [1.165, 1.54) is 6.33 Å². The Morgan fingerprint density at radius 1 is 1.33 bits per heavy atom. The molecular weight excluding hydrogens is 270 g/mol. The number of H-pyrrole nitrogens is 1. The SMILES string of the molecule is O=C(c1ncnc2[nH]ccc12)N1CCN2C[C@H](O)C[C@H]2C1. The van der Waals surface area contributed by atoms with Crippen molar-refractivity contribution < 1.29 is 9.90 Å². The topological polar surface area (TPSA) is 85.4 Å². The number of rotatable bonds is 1. The largest absolute Gasteiger partial charge is 0.392 e. The Labute approximate surface area is 121 Å². The maximum Gasteiger partial charge on any atom is 0.273 e. The van der Waals surface area contributed by atoms with E-state index in [9.17, 15) is 9.90 Å². The molecule has 0 bridgehead atoms. The molecule has 2 aromatic heterocycles. The zero-order valence-electron chi connectivity index (χ0n) is 11.6. The first-order valence-electron chi connectivity index (χ1n) is 7.22. The fraction of sp³-hybridized carbons (Fsp3) is 0.500. The molecule has 2 aromatic rings. The van der Waals surface area contributed by atoms with Crippen LogP contribution in [0.1, 0.15) is 16.9 Å². The van der Waals surface area contributed by atoms with Crippen molar-refractivity contribution in [1.82, 2.24) is 24.8 Å². The van der Waals surface area contributed by atoms with E-state index in [1.807, 2.05) is 11.0 Å². The number of fused-ring (bicyclic) bond motifs is 2. The van der Waals surface area contributed by atoms with E-state index in [2.05, 4.69) is 19.9 Å². The lowest BCUT2D eigenvalue weighted by atomic mass is 10.1. The molecule has 2 fully saturated rings. The Kier molecular flexibility index (Phi) is 2.90. The summed E-state index contributed by atoms with van der Waals surface area (Å²) in [6, 6.07) is 2.10. The first kappa shape index (κ1) is 12.7. The number of carbonyl (C=O) groups is 1. The third-order valence-corrected chi connectivity index (χ3v) is 4.44. The van der Waals surface area contributed by atoms with Crippen LogP contribution in [0.15, 0.2) is 18.6 Å². The first-order valence-corrected chi connectivity index (χ1v) is 7.22. The molecule has 7 nitrogen and oxygen atoms in total. The minimum absolute atomic E-state index is 0.0527. The number of aromatic nitrogens is 3. The molecule has 2 aliphatic heterocycles. The molecule has 110 valence electrons. The molecule has 2 aliphatic rings. The Morgan fingerprint density at radius 3 is 3.14 bits per heavy atom. The smallest absolute Gasteiger partial charge is 0.273 e. The predicted molar refractivity (Wildman–Crippen MR) is 75.8 cm³/mol. The number of hydrogen-bond donors (Lipinski definition) is 2. The third-order valence-electron chi connectivity index (χ3n) is 4.44. The maximum absolute atomic E-state index is 12.7. The molecule has 0 aliphatic carbocycles. The molecule has 21 heavy (non-hydrogen) atoms. The highest BCUT2D eigenvalue weighted by Crippen LogP contribution is 2.24. The van der Waals surface area contributed by atoms with Crippen LogP contribution in [-0.2, 0) is 0 Å². The van der Waals surface area contributed by atoms with Gasteiger partial charge in [-0.3, -0.25) is 9.69 Å². The van der Waals surface area contributed by atoms with Gasteiger partial charge in [-0.1, -0.05) is 0 Å². The number of aromatic amines is 1. The van der Waals surface area contributed by atoms with Crippen molar-refractivity contribution in [1.29, 1.82) is 0 Å². The van der Waals surface area contributed by atoms with Crippen molar-refractivity contribution in [2.75, 3.05) is 26.2 Å². The fourth-order valence-corrected chi connectivity index (χ4v) is 3.39. The summed E-state index contributed by atoms with van der Waals surface area (Å²) in [5.41, 5.74) is 1.14. The second-order valence-corrected chi connectivity index (χ2v) is 5.75. The van der Waals surface area contributed by atoms with Gasteiger partial charge in [0.05, 0.1) is 11.5 Å². The average molecular weight is 287 g/mol. The lowest BCUT2D eigenvalue weighted by Crippen LogP contribution is -2.52. The highest BCUT2D eigenvalue weighted by Gasteiger charge is 2.37. The minimum Gasteiger partial charge on any atom is -0.392 e. The molecular formula is C14H17N5O2. The van der Waals surface area contributed by atoms with E-state index in [0.717, 1.165) is 24.9 Å². The monoisotopic (exact) mass is 287 g/mol. The zero-order valence-corrected chi connectivity index (χ0v) is 11.6. The number of piperazine rings is 1. The summed E-state index contributed by atoms with van der Waals surface area (Å²) in [6.07, 6.45) is 3.66. The van der Waals surface area contributed by atoms with Crippen LogP contribution < -0.4 is 0 Å². The number of amides is 1. The summed E-state index contributed by atoms with van der Waals surface area (Å²) in [6.45, 7) is 2.88. The maximum atomic E-state index is 12.7. The number of aliphatic hydroxyl groups is 1. The Hall–Kier alpha value is -1.99. The molecule has 7 heteroatoms. The second-order valence-electron chi connectivity index (χ2n) is 5.75. The van der Waals surface area contributed by atoms with E-state index in [-0.39, 0.29) is 18.1 Å². The van der Waals surface area contributed by atoms with E-state index in [0.29, 0.717) is 24.4 Å². The van der Waals surface area contributed by atoms with Crippen LogP contribution >= 0.6 is 0 Å². The van der Waals surface area contributed by atoms with E-state index >= 15 is 0 Å². The number of aliphatic hydroxyl groups excluding tert-OH is 1. The molecule has 0 saturated carbocycles. The molecule has 0 unspecified atom stereocenters.